The molecular weight excluding hydrogens is 372 g/mol. The summed E-state index contributed by atoms with van der Waals surface area (Å²) in [6.45, 7) is 9.29. The molecule has 0 aromatic heterocycles. The predicted octanol–water partition coefficient (Wildman–Crippen LogP) is 4.28. The van der Waals surface area contributed by atoms with E-state index >= 15 is 0 Å². The van der Waals surface area contributed by atoms with Crippen molar-refractivity contribution in [1.82, 2.24) is 4.90 Å². The number of piperidine rings is 1. The first-order valence-electron chi connectivity index (χ1n) is 9.67. The molecule has 0 atom stereocenters. The van der Waals surface area contributed by atoms with Crippen molar-refractivity contribution < 1.29 is 13.2 Å². The van der Waals surface area contributed by atoms with Crippen LogP contribution in [0.25, 0.3) is 0 Å². The molecule has 6 heteroatoms. The Labute approximate surface area is 167 Å². The average molecular weight is 401 g/mol. The number of hydrogen-bond donors (Lipinski definition) is 1. The van der Waals surface area contributed by atoms with E-state index in [2.05, 4.69) is 11.6 Å². The first-order valence-corrected chi connectivity index (χ1v) is 11.2. The first-order chi connectivity index (χ1) is 13.2. The van der Waals surface area contributed by atoms with Gasteiger partial charge in [0.15, 0.2) is 0 Å². The van der Waals surface area contributed by atoms with Crippen molar-refractivity contribution in [2.45, 2.75) is 45.4 Å². The number of amides is 1. The molecule has 0 unspecified atom stereocenters. The fourth-order valence-electron chi connectivity index (χ4n) is 3.43. The molecule has 28 heavy (non-hydrogen) atoms. The zero-order chi connectivity index (χ0) is 20.5. The highest BCUT2D eigenvalue weighted by Gasteiger charge is 2.24. The molecule has 2 aromatic rings. The number of aryl methyl sites for hydroxylation is 3. The largest absolute Gasteiger partial charge is 0.339 e. The topological polar surface area (TPSA) is 66.5 Å². The fraction of sp³-hybridized carbons (Fsp3) is 0.409. The van der Waals surface area contributed by atoms with E-state index in [4.69, 9.17) is 0 Å². The molecule has 1 N–H and O–H groups in total. The van der Waals surface area contributed by atoms with Gasteiger partial charge in [0.2, 0.25) is 0 Å². The maximum atomic E-state index is 13.0. The highest BCUT2D eigenvalue weighted by atomic mass is 32.2. The summed E-state index contributed by atoms with van der Waals surface area (Å²) < 4.78 is 28.6. The van der Waals surface area contributed by atoms with Crippen molar-refractivity contribution in [3.05, 3.63) is 58.7 Å². The lowest BCUT2D eigenvalue weighted by atomic mass is 9.98. The number of hydrogen-bond acceptors (Lipinski definition) is 3. The van der Waals surface area contributed by atoms with Crippen LogP contribution >= 0.6 is 0 Å². The van der Waals surface area contributed by atoms with Crippen molar-refractivity contribution in [2.24, 2.45) is 5.92 Å². The second-order valence-corrected chi connectivity index (χ2v) is 9.51. The third-order valence-electron chi connectivity index (χ3n) is 5.55. The Morgan fingerprint density at radius 1 is 0.964 bits per heavy atom. The van der Waals surface area contributed by atoms with Crippen LogP contribution in [-0.2, 0) is 10.0 Å². The summed E-state index contributed by atoms with van der Waals surface area (Å²) in [5, 5.41) is 0. The number of rotatable bonds is 4. The Hall–Kier alpha value is -2.34. The SMILES string of the molecule is Cc1ccc(NS(=O)(=O)c2cc(C(=O)N3CCC(C)CC3)ccc2C)cc1C. The lowest BCUT2D eigenvalue weighted by Gasteiger charge is -2.30. The van der Waals surface area contributed by atoms with Gasteiger partial charge in [-0.3, -0.25) is 9.52 Å². The van der Waals surface area contributed by atoms with Gasteiger partial charge in [-0.2, -0.15) is 0 Å². The Bertz CT molecular complexity index is 991. The molecule has 1 amide bonds. The Balaban J connectivity index is 1.87. The quantitative estimate of drug-likeness (QED) is 0.833. The molecular formula is C22H28N2O3S. The fourth-order valence-corrected chi connectivity index (χ4v) is 4.75. The molecule has 0 radical (unpaired) electrons. The minimum atomic E-state index is -3.79. The number of carbonyl (C=O) groups excluding carboxylic acids is 1. The molecule has 5 nitrogen and oxygen atoms in total. The summed E-state index contributed by atoms with van der Waals surface area (Å²) >= 11 is 0. The lowest BCUT2D eigenvalue weighted by Crippen LogP contribution is -2.38. The predicted molar refractivity (Wildman–Crippen MR) is 112 cm³/mol. The van der Waals surface area contributed by atoms with Gasteiger partial charge in [-0.15, -0.1) is 0 Å². The van der Waals surface area contributed by atoms with Crippen molar-refractivity contribution in [1.29, 1.82) is 0 Å². The Morgan fingerprint density at radius 2 is 1.61 bits per heavy atom. The first kappa shape index (κ1) is 20.4. The average Bonchev–Trinajstić information content (AvgIpc) is 2.65. The van der Waals surface area contributed by atoms with Crippen LogP contribution in [0.2, 0.25) is 0 Å². The number of likely N-dealkylation sites (tertiary alicyclic amines) is 1. The van der Waals surface area contributed by atoms with Gasteiger partial charge in [0, 0.05) is 24.3 Å². The Kier molecular flexibility index (Phi) is 5.79. The van der Waals surface area contributed by atoms with Crippen LogP contribution in [0, 0.1) is 26.7 Å². The van der Waals surface area contributed by atoms with Gasteiger partial charge in [0.1, 0.15) is 0 Å². The van der Waals surface area contributed by atoms with Crippen LogP contribution in [0.1, 0.15) is 46.8 Å². The highest BCUT2D eigenvalue weighted by molar-refractivity contribution is 7.92. The van der Waals surface area contributed by atoms with E-state index in [0.29, 0.717) is 22.7 Å². The van der Waals surface area contributed by atoms with E-state index in [1.807, 2.05) is 30.9 Å². The van der Waals surface area contributed by atoms with Crippen molar-refractivity contribution >= 4 is 21.6 Å². The molecule has 0 spiro atoms. The molecule has 3 rings (SSSR count). The van der Waals surface area contributed by atoms with Crippen LogP contribution in [0.3, 0.4) is 0 Å². The summed E-state index contributed by atoms with van der Waals surface area (Å²) in [6.07, 6.45) is 1.97. The summed E-state index contributed by atoms with van der Waals surface area (Å²) in [5.41, 5.74) is 3.66. The number of carbonyl (C=O) groups is 1. The van der Waals surface area contributed by atoms with Gasteiger partial charge in [-0.1, -0.05) is 19.1 Å². The van der Waals surface area contributed by atoms with Crippen molar-refractivity contribution in [2.75, 3.05) is 17.8 Å². The lowest BCUT2D eigenvalue weighted by molar-refractivity contribution is 0.0697. The third-order valence-corrected chi connectivity index (χ3v) is 7.08. The van der Waals surface area contributed by atoms with Crippen LogP contribution in [0.4, 0.5) is 5.69 Å². The molecule has 1 heterocycles. The number of anilines is 1. The van der Waals surface area contributed by atoms with Crippen molar-refractivity contribution in [3.63, 3.8) is 0 Å². The van der Waals surface area contributed by atoms with Gasteiger partial charge < -0.3 is 4.90 Å². The maximum Gasteiger partial charge on any atom is 0.262 e. The molecule has 0 bridgehead atoms. The maximum absolute atomic E-state index is 13.0. The smallest absolute Gasteiger partial charge is 0.262 e. The third kappa shape index (κ3) is 4.38. The number of benzene rings is 2. The molecule has 150 valence electrons. The van der Waals surface area contributed by atoms with E-state index in [-0.39, 0.29) is 10.8 Å². The summed E-state index contributed by atoms with van der Waals surface area (Å²) in [6, 6.07) is 10.4. The van der Waals surface area contributed by atoms with Gasteiger partial charge in [0.25, 0.3) is 15.9 Å². The minimum Gasteiger partial charge on any atom is -0.339 e. The molecule has 2 aromatic carbocycles. The monoisotopic (exact) mass is 400 g/mol. The highest BCUT2D eigenvalue weighted by Crippen LogP contribution is 2.24. The van der Waals surface area contributed by atoms with Gasteiger partial charge in [0.05, 0.1) is 4.90 Å². The summed E-state index contributed by atoms with van der Waals surface area (Å²) in [5.74, 6) is 0.523. The standard InChI is InChI=1S/C22H28N2O3S/c1-15-9-11-24(12-10-15)22(25)19-7-5-17(3)21(14-19)28(26,27)23-20-8-6-16(2)18(4)13-20/h5-8,13-15,23H,9-12H2,1-4H3. The number of nitrogens with zero attached hydrogens (tertiary/aromatic N) is 1. The van der Waals surface area contributed by atoms with E-state index in [1.165, 1.54) is 6.07 Å². The van der Waals surface area contributed by atoms with Crippen LogP contribution in [0.5, 0.6) is 0 Å². The van der Waals surface area contributed by atoms with E-state index in [9.17, 15) is 13.2 Å². The number of nitrogens with one attached hydrogen (secondary N) is 1. The summed E-state index contributed by atoms with van der Waals surface area (Å²) in [4.78, 5) is 14.8. The molecule has 0 saturated carbocycles. The Morgan fingerprint density at radius 3 is 2.25 bits per heavy atom. The zero-order valence-electron chi connectivity index (χ0n) is 17.0. The van der Waals surface area contributed by atoms with Crippen molar-refractivity contribution in [3.8, 4) is 0 Å². The van der Waals surface area contributed by atoms with Crippen LogP contribution in [0.15, 0.2) is 41.3 Å². The van der Waals surface area contributed by atoms with Gasteiger partial charge >= 0.3 is 0 Å². The number of sulfonamides is 1. The second kappa shape index (κ2) is 7.95. The zero-order valence-corrected chi connectivity index (χ0v) is 17.8. The van der Waals surface area contributed by atoms with E-state index < -0.39 is 10.0 Å². The molecule has 1 saturated heterocycles. The van der Waals surface area contributed by atoms with Gasteiger partial charge in [-0.05, 0) is 80.5 Å². The molecule has 1 aliphatic heterocycles. The molecule has 0 aliphatic carbocycles. The molecule has 1 aliphatic rings. The second-order valence-electron chi connectivity index (χ2n) is 7.86. The van der Waals surface area contributed by atoms with Crippen LogP contribution in [-0.4, -0.2) is 32.3 Å². The minimum absolute atomic E-state index is 0.102. The van der Waals surface area contributed by atoms with Gasteiger partial charge in [-0.25, -0.2) is 8.42 Å². The summed E-state index contributed by atoms with van der Waals surface area (Å²) in [7, 11) is -3.79. The van der Waals surface area contributed by atoms with E-state index in [0.717, 1.165) is 37.1 Å². The normalized spacial score (nSPS) is 15.5. The molecule has 1 fully saturated rings. The van der Waals surface area contributed by atoms with Crippen LogP contribution < -0.4 is 4.72 Å². The van der Waals surface area contributed by atoms with E-state index in [1.54, 1.807) is 25.1 Å².